The Bertz CT molecular complexity index is 1340. The third-order valence-corrected chi connectivity index (χ3v) is 7.76. The molecular weight excluding hydrogens is 531 g/mol. The summed E-state index contributed by atoms with van der Waals surface area (Å²) in [5.74, 6) is -2.65. The van der Waals surface area contributed by atoms with Crippen LogP contribution in [0.4, 0.5) is 29.5 Å². The summed E-state index contributed by atoms with van der Waals surface area (Å²) in [5, 5.41) is 13.8. The smallest absolute Gasteiger partial charge is 0.410 e. The summed E-state index contributed by atoms with van der Waals surface area (Å²) >= 11 is 0. The number of hydrogen-bond acceptors (Lipinski definition) is 5. The fourth-order valence-corrected chi connectivity index (χ4v) is 5.24. The van der Waals surface area contributed by atoms with Crippen molar-refractivity contribution in [3.63, 3.8) is 0 Å². The first-order valence-corrected chi connectivity index (χ1v) is 13.0. The van der Waals surface area contributed by atoms with Gasteiger partial charge in [0.2, 0.25) is 5.91 Å². The summed E-state index contributed by atoms with van der Waals surface area (Å²) in [7, 11) is 0. The van der Waals surface area contributed by atoms with Crippen LogP contribution in [-0.4, -0.2) is 69.0 Å². The third kappa shape index (κ3) is 5.19. The lowest BCUT2D eigenvalue weighted by Gasteiger charge is -2.46. The van der Waals surface area contributed by atoms with E-state index in [0.717, 1.165) is 12.8 Å². The second-order valence-electron chi connectivity index (χ2n) is 10.6. The van der Waals surface area contributed by atoms with E-state index >= 15 is 0 Å². The van der Waals surface area contributed by atoms with Gasteiger partial charge in [-0.15, -0.1) is 0 Å². The van der Waals surface area contributed by atoms with E-state index in [9.17, 15) is 32.3 Å². The molecule has 212 valence electrons. The number of carboxylic acid groups (broad SMARTS) is 1. The number of carbonyl (C=O) groups is 4. The van der Waals surface area contributed by atoms with Crippen molar-refractivity contribution < 1.29 is 37.5 Å². The zero-order valence-electron chi connectivity index (χ0n) is 21.6. The van der Waals surface area contributed by atoms with E-state index in [-0.39, 0.29) is 43.4 Å². The van der Waals surface area contributed by atoms with Crippen molar-refractivity contribution in [1.29, 1.82) is 0 Å². The zero-order chi connectivity index (χ0) is 28.8. The van der Waals surface area contributed by atoms with Crippen molar-refractivity contribution in [2.75, 3.05) is 23.7 Å². The van der Waals surface area contributed by atoms with Crippen LogP contribution in [0.25, 0.3) is 0 Å². The first-order valence-electron chi connectivity index (χ1n) is 13.0. The highest BCUT2D eigenvalue weighted by molar-refractivity contribution is 6.39. The number of nitrogens with one attached hydrogen (secondary N) is 2. The normalized spacial score (nSPS) is 21.9. The average molecular weight is 560 g/mol. The number of piperazine rings is 1. The lowest BCUT2D eigenvalue weighted by atomic mass is 9.96. The van der Waals surface area contributed by atoms with E-state index in [1.165, 1.54) is 16.0 Å². The number of anilines is 2. The number of carbonyl (C=O) groups excluding carboxylic acids is 3. The Labute approximate surface area is 227 Å². The summed E-state index contributed by atoms with van der Waals surface area (Å²) in [5.41, 5.74) is -1.00. The van der Waals surface area contributed by atoms with E-state index in [0.29, 0.717) is 11.1 Å². The molecule has 0 spiro atoms. The largest absolute Gasteiger partial charge is 0.465 e. The molecule has 0 unspecified atom stereocenters. The lowest BCUT2D eigenvalue weighted by Crippen LogP contribution is -2.60. The molecule has 3 aliphatic rings. The molecule has 4 amide bonds. The number of amides is 4. The average Bonchev–Trinajstić information content (AvgIpc) is 3.82. The second kappa shape index (κ2) is 10.1. The first-order chi connectivity index (χ1) is 18.9. The van der Waals surface area contributed by atoms with Crippen LogP contribution in [0.3, 0.4) is 0 Å². The van der Waals surface area contributed by atoms with Crippen molar-refractivity contribution in [3.8, 4) is 0 Å². The van der Waals surface area contributed by atoms with Crippen LogP contribution in [0, 0.1) is 5.41 Å². The number of aromatic nitrogens is 1. The minimum atomic E-state index is -4.66. The summed E-state index contributed by atoms with van der Waals surface area (Å²) in [6.45, 7) is 1.23. The molecule has 2 saturated carbocycles. The van der Waals surface area contributed by atoms with Crippen LogP contribution in [-0.2, 0) is 14.4 Å². The van der Waals surface area contributed by atoms with Crippen LogP contribution in [0.15, 0.2) is 42.6 Å². The highest BCUT2D eigenvalue weighted by atomic mass is 19.4. The van der Waals surface area contributed by atoms with Crippen LogP contribution >= 0.6 is 0 Å². The molecule has 2 aromatic rings. The van der Waals surface area contributed by atoms with E-state index in [1.54, 1.807) is 43.3 Å². The van der Waals surface area contributed by atoms with E-state index in [2.05, 4.69) is 15.6 Å². The van der Waals surface area contributed by atoms with Gasteiger partial charge in [0.25, 0.3) is 0 Å². The van der Waals surface area contributed by atoms with Gasteiger partial charge in [-0.1, -0.05) is 30.3 Å². The topological polar surface area (TPSA) is 132 Å². The SMILES string of the molecule is C[C@@H]1CN(C(=O)C(=O)Nc2cnc(NC(=O)O)c(C3CC3)c2)[C@@H](c2ccccc2)CN1C(=O)C1(C(F)(F)F)CC1. The van der Waals surface area contributed by atoms with Gasteiger partial charge in [-0.05, 0) is 50.2 Å². The van der Waals surface area contributed by atoms with Gasteiger partial charge >= 0.3 is 24.1 Å². The Morgan fingerprint density at radius 3 is 2.27 bits per heavy atom. The fourth-order valence-electron chi connectivity index (χ4n) is 5.24. The Morgan fingerprint density at radius 1 is 1.02 bits per heavy atom. The predicted molar refractivity (Wildman–Crippen MR) is 136 cm³/mol. The second-order valence-corrected chi connectivity index (χ2v) is 10.6. The van der Waals surface area contributed by atoms with Crippen molar-refractivity contribution in [2.45, 2.75) is 56.8 Å². The van der Waals surface area contributed by atoms with E-state index < -0.39 is 47.5 Å². The van der Waals surface area contributed by atoms with Crippen molar-refractivity contribution in [1.82, 2.24) is 14.8 Å². The third-order valence-electron chi connectivity index (χ3n) is 7.76. The standard InChI is InChI=1S/C27H28F3N5O5/c1-15-13-35(23(37)22(36)32-18-11-19(16-7-8-16)21(31-12-18)33-25(39)40)20(17-5-3-2-4-6-17)14-34(15)24(38)26(9-10-26)27(28,29)30/h2-6,11-12,15-16,20H,7-10,13-14H2,1H3,(H,31,33)(H,32,36)(H,39,40)/t15-,20-/m1/s1. The Morgan fingerprint density at radius 2 is 1.70 bits per heavy atom. The first kappa shape index (κ1) is 27.4. The van der Waals surface area contributed by atoms with Crippen molar-refractivity contribution >= 4 is 35.3 Å². The Hall–Kier alpha value is -4.16. The predicted octanol–water partition coefficient (Wildman–Crippen LogP) is 4.13. The van der Waals surface area contributed by atoms with E-state index in [1.807, 2.05) is 0 Å². The molecule has 0 radical (unpaired) electrons. The molecule has 2 heterocycles. The highest BCUT2D eigenvalue weighted by Crippen LogP contribution is 2.59. The molecule has 13 heteroatoms. The van der Waals surface area contributed by atoms with Crippen LogP contribution in [0.2, 0.25) is 0 Å². The van der Waals surface area contributed by atoms with Gasteiger partial charge in [0, 0.05) is 24.7 Å². The van der Waals surface area contributed by atoms with Gasteiger partial charge in [0.05, 0.1) is 17.9 Å². The van der Waals surface area contributed by atoms with Crippen LogP contribution in [0.5, 0.6) is 0 Å². The van der Waals surface area contributed by atoms with Gasteiger partial charge in [-0.2, -0.15) is 13.2 Å². The molecule has 10 nitrogen and oxygen atoms in total. The van der Waals surface area contributed by atoms with Crippen molar-refractivity contribution in [3.05, 3.63) is 53.7 Å². The molecular formula is C27H28F3N5O5. The van der Waals surface area contributed by atoms with Gasteiger partial charge in [0.15, 0.2) is 0 Å². The van der Waals surface area contributed by atoms with Crippen LogP contribution < -0.4 is 10.6 Å². The zero-order valence-corrected chi connectivity index (χ0v) is 21.6. The molecule has 40 heavy (non-hydrogen) atoms. The molecule has 3 N–H and O–H groups in total. The molecule has 5 rings (SSSR count). The molecule has 2 aliphatic carbocycles. The molecule has 1 aromatic heterocycles. The number of benzene rings is 1. The number of halogens is 3. The Balaban J connectivity index is 1.37. The maximum Gasteiger partial charge on any atom is 0.410 e. The van der Waals surface area contributed by atoms with E-state index in [4.69, 9.17) is 5.11 Å². The summed E-state index contributed by atoms with van der Waals surface area (Å²) in [6.07, 6.45) is -3.56. The minimum Gasteiger partial charge on any atom is -0.465 e. The molecule has 3 fully saturated rings. The molecule has 1 saturated heterocycles. The van der Waals surface area contributed by atoms with Gasteiger partial charge in [-0.3, -0.25) is 19.7 Å². The number of nitrogens with zero attached hydrogens (tertiary/aromatic N) is 3. The maximum atomic E-state index is 13.7. The van der Waals surface area contributed by atoms with Gasteiger partial charge < -0.3 is 20.2 Å². The Kier molecular flexibility index (Phi) is 6.92. The maximum absolute atomic E-state index is 13.7. The number of alkyl halides is 3. The van der Waals surface area contributed by atoms with Crippen molar-refractivity contribution in [2.24, 2.45) is 5.41 Å². The minimum absolute atomic E-state index is 0.0855. The summed E-state index contributed by atoms with van der Waals surface area (Å²) < 4.78 is 41.2. The lowest BCUT2D eigenvalue weighted by molar-refractivity contribution is -0.201. The monoisotopic (exact) mass is 559 g/mol. The molecule has 0 bridgehead atoms. The highest BCUT2D eigenvalue weighted by Gasteiger charge is 2.70. The fraction of sp³-hybridized carbons (Fsp3) is 0.444. The number of rotatable bonds is 5. The van der Waals surface area contributed by atoms with Gasteiger partial charge in [-0.25, -0.2) is 9.78 Å². The molecule has 2 atom stereocenters. The van der Waals surface area contributed by atoms with Gasteiger partial charge in [0.1, 0.15) is 11.2 Å². The van der Waals surface area contributed by atoms with Crippen LogP contribution in [0.1, 0.15) is 55.7 Å². The molecule has 1 aromatic carbocycles. The number of hydrogen-bond donors (Lipinski definition) is 3. The quantitative estimate of drug-likeness (QED) is 0.472. The summed E-state index contributed by atoms with van der Waals surface area (Å²) in [4.78, 5) is 57.3. The molecule has 1 aliphatic heterocycles. The summed E-state index contributed by atoms with van der Waals surface area (Å²) in [6, 6.07) is 8.51. The number of pyridine rings is 1.